The first-order valence-electron chi connectivity index (χ1n) is 5.73. The van der Waals surface area contributed by atoms with Gasteiger partial charge in [0.1, 0.15) is 5.75 Å². The molecule has 2 N–H and O–H groups in total. The van der Waals surface area contributed by atoms with Crippen LogP contribution >= 0.6 is 11.8 Å². The maximum atomic E-state index is 11.8. The molecule has 0 bridgehead atoms. The monoisotopic (exact) mass is 283 g/mol. The fourth-order valence-corrected chi connectivity index (χ4v) is 1.63. The highest BCUT2D eigenvalue weighted by Crippen LogP contribution is 2.22. The molecule has 0 aromatic heterocycles. The number of carbonyl (C=O) groups is 2. The van der Waals surface area contributed by atoms with E-state index in [-0.39, 0.29) is 17.8 Å². The van der Waals surface area contributed by atoms with Gasteiger partial charge in [0.2, 0.25) is 5.91 Å². The molecule has 1 aromatic carbocycles. The lowest BCUT2D eigenvalue weighted by molar-refractivity contribution is -0.139. The third-order valence-corrected chi connectivity index (χ3v) is 3.46. The number of amides is 1. The number of benzene rings is 1. The Morgan fingerprint density at radius 2 is 2.16 bits per heavy atom. The number of aryl methyl sites for hydroxylation is 1. The van der Waals surface area contributed by atoms with Gasteiger partial charge in [0, 0.05) is 5.69 Å². The van der Waals surface area contributed by atoms with Gasteiger partial charge in [-0.25, -0.2) is 4.79 Å². The van der Waals surface area contributed by atoms with Gasteiger partial charge in [0.15, 0.2) is 6.61 Å². The number of carboxylic acids is 1. The minimum absolute atomic E-state index is 0.0604. The topological polar surface area (TPSA) is 75.6 Å². The average Bonchev–Trinajstić information content (AvgIpc) is 2.38. The molecular weight excluding hydrogens is 266 g/mol. The summed E-state index contributed by atoms with van der Waals surface area (Å²) in [7, 11) is 0. The predicted molar refractivity (Wildman–Crippen MR) is 75.9 cm³/mol. The van der Waals surface area contributed by atoms with E-state index in [1.54, 1.807) is 18.2 Å². The Hall–Kier alpha value is -1.69. The molecule has 1 atom stereocenters. The van der Waals surface area contributed by atoms with E-state index in [9.17, 15) is 9.59 Å². The van der Waals surface area contributed by atoms with E-state index in [2.05, 4.69) is 5.32 Å². The molecule has 0 aliphatic carbocycles. The molecule has 0 saturated carbocycles. The van der Waals surface area contributed by atoms with Crippen LogP contribution in [0.25, 0.3) is 0 Å². The van der Waals surface area contributed by atoms with Crippen molar-refractivity contribution < 1.29 is 19.4 Å². The van der Waals surface area contributed by atoms with Crippen LogP contribution in [0.1, 0.15) is 12.5 Å². The van der Waals surface area contributed by atoms with E-state index in [0.717, 1.165) is 5.56 Å². The van der Waals surface area contributed by atoms with Crippen LogP contribution in [0.2, 0.25) is 0 Å². The van der Waals surface area contributed by atoms with E-state index in [1.165, 1.54) is 11.8 Å². The van der Waals surface area contributed by atoms with Gasteiger partial charge in [0.05, 0.1) is 5.25 Å². The Bertz CT molecular complexity index is 476. The molecule has 0 spiro atoms. The van der Waals surface area contributed by atoms with Gasteiger partial charge in [0.25, 0.3) is 0 Å². The summed E-state index contributed by atoms with van der Waals surface area (Å²) < 4.78 is 5.06. The second kappa shape index (κ2) is 7.04. The van der Waals surface area contributed by atoms with Crippen molar-refractivity contribution in [1.29, 1.82) is 0 Å². The Morgan fingerprint density at radius 1 is 1.47 bits per heavy atom. The second-order valence-electron chi connectivity index (χ2n) is 4.03. The molecule has 1 aromatic rings. The zero-order valence-electron chi connectivity index (χ0n) is 11.1. The fourth-order valence-electron chi connectivity index (χ4n) is 1.35. The van der Waals surface area contributed by atoms with E-state index in [0.29, 0.717) is 11.4 Å². The first-order chi connectivity index (χ1) is 8.93. The van der Waals surface area contributed by atoms with Gasteiger partial charge in [-0.3, -0.25) is 4.79 Å². The van der Waals surface area contributed by atoms with E-state index >= 15 is 0 Å². The quantitative estimate of drug-likeness (QED) is 0.836. The van der Waals surface area contributed by atoms with E-state index in [4.69, 9.17) is 9.84 Å². The highest BCUT2D eigenvalue weighted by atomic mass is 32.2. The highest BCUT2D eigenvalue weighted by molar-refractivity contribution is 7.99. The SMILES string of the molecule is CSC(C)C(=O)Nc1ccc(OCC(=O)O)cc1C. The van der Waals surface area contributed by atoms with Crippen molar-refractivity contribution in [3.05, 3.63) is 23.8 Å². The summed E-state index contributed by atoms with van der Waals surface area (Å²) in [6.07, 6.45) is 1.87. The molecule has 0 radical (unpaired) electrons. The molecule has 6 heteroatoms. The number of hydrogen-bond acceptors (Lipinski definition) is 4. The Labute approximate surface area is 116 Å². The zero-order valence-corrected chi connectivity index (χ0v) is 11.9. The van der Waals surface area contributed by atoms with Crippen molar-refractivity contribution in [2.24, 2.45) is 0 Å². The number of carboxylic acid groups (broad SMARTS) is 1. The molecule has 0 aliphatic heterocycles. The lowest BCUT2D eigenvalue weighted by Crippen LogP contribution is -2.22. The van der Waals surface area contributed by atoms with Gasteiger partial charge >= 0.3 is 5.97 Å². The minimum Gasteiger partial charge on any atom is -0.482 e. The Kier molecular flexibility index (Phi) is 5.69. The molecule has 5 nitrogen and oxygen atoms in total. The van der Waals surface area contributed by atoms with Gasteiger partial charge < -0.3 is 15.2 Å². The van der Waals surface area contributed by atoms with E-state index < -0.39 is 5.97 Å². The number of carbonyl (C=O) groups excluding carboxylic acids is 1. The summed E-state index contributed by atoms with van der Waals surface area (Å²) in [4.78, 5) is 22.1. The largest absolute Gasteiger partial charge is 0.482 e. The van der Waals surface area contributed by atoms with Crippen LogP contribution in [0.4, 0.5) is 5.69 Å². The van der Waals surface area contributed by atoms with Crippen LogP contribution in [0.5, 0.6) is 5.75 Å². The van der Waals surface area contributed by atoms with Crippen molar-refractivity contribution >= 4 is 29.3 Å². The first kappa shape index (κ1) is 15.4. The number of nitrogens with one attached hydrogen (secondary N) is 1. The van der Waals surface area contributed by atoms with Crippen molar-refractivity contribution in [3.63, 3.8) is 0 Å². The molecule has 1 amide bonds. The van der Waals surface area contributed by atoms with Crippen LogP contribution in [0.15, 0.2) is 18.2 Å². The first-order valence-corrected chi connectivity index (χ1v) is 7.01. The lowest BCUT2D eigenvalue weighted by atomic mass is 10.2. The number of aliphatic carboxylic acids is 1. The normalized spacial score (nSPS) is 11.7. The van der Waals surface area contributed by atoms with Crippen molar-refractivity contribution in [1.82, 2.24) is 0 Å². The number of rotatable bonds is 6. The number of hydrogen-bond donors (Lipinski definition) is 2. The average molecular weight is 283 g/mol. The van der Waals surface area contributed by atoms with Gasteiger partial charge in [-0.2, -0.15) is 11.8 Å². The van der Waals surface area contributed by atoms with Crippen LogP contribution in [0, 0.1) is 6.92 Å². The summed E-state index contributed by atoms with van der Waals surface area (Å²) in [5, 5.41) is 11.2. The molecule has 0 aliphatic rings. The van der Waals surface area contributed by atoms with Crippen molar-refractivity contribution in [3.8, 4) is 5.75 Å². The lowest BCUT2D eigenvalue weighted by Gasteiger charge is -2.13. The molecule has 0 fully saturated rings. The number of thioether (sulfide) groups is 1. The van der Waals surface area contributed by atoms with Gasteiger partial charge in [-0.1, -0.05) is 0 Å². The molecule has 1 rings (SSSR count). The minimum atomic E-state index is -1.02. The van der Waals surface area contributed by atoms with Crippen molar-refractivity contribution in [2.45, 2.75) is 19.1 Å². The molecule has 19 heavy (non-hydrogen) atoms. The molecule has 104 valence electrons. The number of anilines is 1. The Morgan fingerprint density at radius 3 is 2.68 bits per heavy atom. The zero-order chi connectivity index (χ0) is 14.4. The van der Waals surface area contributed by atoms with Crippen molar-refractivity contribution in [2.75, 3.05) is 18.2 Å². The third kappa shape index (κ3) is 4.82. The van der Waals surface area contributed by atoms with E-state index in [1.807, 2.05) is 20.1 Å². The van der Waals surface area contributed by atoms with Gasteiger partial charge in [-0.15, -0.1) is 0 Å². The smallest absolute Gasteiger partial charge is 0.341 e. The highest BCUT2D eigenvalue weighted by Gasteiger charge is 2.12. The molecule has 0 saturated heterocycles. The van der Waals surface area contributed by atoms with Crippen LogP contribution in [0.3, 0.4) is 0 Å². The summed E-state index contributed by atoms with van der Waals surface area (Å²) in [5.41, 5.74) is 1.53. The number of ether oxygens (including phenoxy) is 1. The van der Waals surface area contributed by atoms with Crippen LogP contribution in [-0.2, 0) is 9.59 Å². The van der Waals surface area contributed by atoms with Crippen LogP contribution < -0.4 is 10.1 Å². The maximum absolute atomic E-state index is 11.8. The third-order valence-electron chi connectivity index (χ3n) is 2.54. The van der Waals surface area contributed by atoms with Crippen LogP contribution in [-0.4, -0.2) is 35.1 Å². The standard InChI is InChI=1S/C13H17NO4S/c1-8-6-10(18-7-12(15)16)4-5-11(8)14-13(17)9(2)19-3/h4-6,9H,7H2,1-3H3,(H,14,17)(H,15,16). The fraction of sp³-hybridized carbons (Fsp3) is 0.385. The molecule has 0 heterocycles. The predicted octanol–water partition coefficient (Wildman–Crippen LogP) is 2.15. The summed E-state index contributed by atoms with van der Waals surface area (Å²) in [6, 6.07) is 5.04. The van der Waals surface area contributed by atoms with Gasteiger partial charge in [-0.05, 0) is 43.9 Å². The molecular formula is C13H17NO4S. The summed E-state index contributed by atoms with van der Waals surface area (Å²) >= 11 is 1.47. The summed E-state index contributed by atoms with van der Waals surface area (Å²) in [6.45, 7) is 3.28. The maximum Gasteiger partial charge on any atom is 0.341 e. The Balaban J connectivity index is 2.72. The second-order valence-corrected chi connectivity index (χ2v) is 5.20. The summed E-state index contributed by atoms with van der Waals surface area (Å²) in [5.74, 6) is -0.616. The molecule has 1 unspecified atom stereocenters.